The van der Waals surface area contributed by atoms with E-state index in [2.05, 4.69) is 0 Å². The Labute approximate surface area is 54.8 Å². The number of nitrogens with two attached hydrogens (primary N) is 2. The minimum Gasteiger partial charge on any atom is -0.332 e. The van der Waals surface area contributed by atoms with Crippen LogP contribution in [0.4, 0.5) is 0 Å². The minimum atomic E-state index is -0.446. The van der Waals surface area contributed by atoms with E-state index in [1.807, 2.05) is 0 Å². The number of carbonyl (C=O) groups excluding carboxylic acids is 1. The largest absolute Gasteiger partial charge is 0.332 e. The van der Waals surface area contributed by atoms with Crippen LogP contribution in [-0.4, -0.2) is 30.6 Å². The number of carbonyl (C=O) groups is 1. The summed E-state index contributed by atoms with van der Waals surface area (Å²) in [7, 11) is 1.62. The highest BCUT2D eigenvalue weighted by Crippen LogP contribution is 1.83. The first kappa shape index (κ1) is 8.39. The Morgan fingerprint density at radius 1 is 1.78 bits per heavy atom. The first-order valence-electron chi connectivity index (χ1n) is 2.80. The molecule has 0 saturated carbocycles. The Morgan fingerprint density at radius 2 is 2.22 bits per heavy atom. The Hall–Kier alpha value is -0.610. The highest BCUT2D eigenvalue weighted by atomic mass is 16.2. The van der Waals surface area contributed by atoms with E-state index < -0.39 is 6.04 Å². The summed E-state index contributed by atoms with van der Waals surface area (Å²) >= 11 is 0. The lowest BCUT2D eigenvalue weighted by Crippen LogP contribution is -2.42. The minimum absolute atomic E-state index is 0.127. The van der Waals surface area contributed by atoms with Crippen LogP contribution in [0, 0.1) is 0 Å². The van der Waals surface area contributed by atoms with Crippen molar-refractivity contribution in [2.75, 3.05) is 13.7 Å². The highest BCUT2D eigenvalue weighted by Gasteiger charge is 2.10. The van der Waals surface area contributed by atoms with Gasteiger partial charge in [0.2, 0.25) is 5.91 Å². The lowest BCUT2D eigenvalue weighted by molar-refractivity contribution is -0.130. The molecule has 0 bridgehead atoms. The third kappa shape index (κ3) is 2.43. The van der Waals surface area contributed by atoms with E-state index in [0.29, 0.717) is 0 Å². The second-order valence-electron chi connectivity index (χ2n) is 2.01. The van der Waals surface area contributed by atoms with Crippen molar-refractivity contribution >= 4 is 5.91 Å². The topological polar surface area (TPSA) is 72.4 Å². The van der Waals surface area contributed by atoms with Gasteiger partial charge in [-0.25, -0.2) is 0 Å². The normalized spacial score (nSPS) is 12.9. The van der Waals surface area contributed by atoms with E-state index in [-0.39, 0.29) is 12.6 Å². The predicted octanol–water partition coefficient (Wildman–Crippen LogP) is -1.29. The summed E-state index contributed by atoms with van der Waals surface area (Å²) in [6.07, 6.45) is 0. The molecule has 4 N–H and O–H groups in total. The second-order valence-corrected chi connectivity index (χ2v) is 2.01. The van der Waals surface area contributed by atoms with Crippen LogP contribution in [0.25, 0.3) is 0 Å². The molecule has 0 rings (SSSR count). The molecule has 1 amide bonds. The molecule has 0 fully saturated rings. The summed E-state index contributed by atoms with van der Waals surface area (Å²) in [5.41, 5.74) is 10.4. The molecule has 0 unspecified atom stereocenters. The van der Waals surface area contributed by atoms with E-state index in [0.717, 1.165) is 0 Å². The van der Waals surface area contributed by atoms with Gasteiger partial charge in [-0.15, -0.1) is 0 Å². The SMILES string of the molecule is C[C@@H](N)C(=O)N(C)CN. The second kappa shape index (κ2) is 3.42. The van der Waals surface area contributed by atoms with Gasteiger partial charge in [-0.05, 0) is 6.92 Å². The average molecular weight is 131 g/mol. The fraction of sp³-hybridized carbons (Fsp3) is 0.800. The van der Waals surface area contributed by atoms with E-state index in [1.165, 1.54) is 4.90 Å². The fourth-order valence-electron chi connectivity index (χ4n) is 0.438. The predicted molar refractivity (Wildman–Crippen MR) is 35.5 cm³/mol. The van der Waals surface area contributed by atoms with E-state index in [4.69, 9.17) is 11.5 Å². The number of hydrogen-bond acceptors (Lipinski definition) is 3. The fourth-order valence-corrected chi connectivity index (χ4v) is 0.438. The Kier molecular flexibility index (Phi) is 3.19. The molecule has 0 radical (unpaired) electrons. The zero-order valence-electron chi connectivity index (χ0n) is 5.79. The standard InChI is InChI=1S/C5H13N3O/c1-4(7)5(9)8(2)3-6/h4H,3,6-7H2,1-2H3/t4-/m1/s1. The van der Waals surface area contributed by atoms with Gasteiger partial charge in [-0.3, -0.25) is 4.79 Å². The van der Waals surface area contributed by atoms with Crippen molar-refractivity contribution in [3.05, 3.63) is 0 Å². The van der Waals surface area contributed by atoms with Gasteiger partial charge in [-0.1, -0.05) is 0 Å². The van der Waals surface area contributed by atoms with E-state index >= 15 is 0 Å². The number of rotatable bonds is 2. The summed E-state index contributed by atoms with van der Waals surface area (Å²) in [5, 5.41) is 0. The van der Waals surface area contributed by atoms with E-state index in [9.17, 15) is 4.79 Å². The van der Waals surface area contributed by atoms with Gasteiger partial charge in [-0.2, -0.15) is 0 Å². The molecular formula is C5H13N3O. The van der Waals surface area contributed by atoms with Crippen molar-refractivity contribution < 1.29 is 4.79 Å². The molecule has 4 nitrogen and oxygen atoms in total. The lowest BCUT2D eigenvalue weighted by Gasteiger charge is -2.15. The van der Waals surface area contributed by atoms with Gasteiger partial charge in [0.15, 0.2) is 0 Å². The van der Waals surface area contributed by atoms with Crippen LogP contribution >= 0.6 is 0 Å². The molecule has 0 saturated heterocycles. The van der Waals surface area contributed by atoms with Crippen LogP contribution in [0.15, 0.2) is 0 Å². The van der Waals surface area contributed by atoms with E-state index in [1.54, 1.807) is 14.0 Å². The number of hydrogen-bond donors (Lipinski definition) is 2. The zero-order chi connectivity index (χ0) is 7.44. The Morgan fingerprint density at radius 3 is 2.33 bits per heavy atom. The molecule has 0 aliphatic rings. The molecule has 0 aliphatic heterocycles. The molecule has 4 heteroatoms. The van der Waals surface area contributed by atoms with Crippen LogP contribution < -0.4 is 11.5 Å². The van der Waals surface area contributed by atoms with Crippen LogP contribution in [0.2, 0.25) is 0 Å². The summed E-state index contributed by atoms with van der Waals surface area (Å²) < 4.78 is 0. The van der Waals surface area contributed by atoms with Gasteiger partial charge < -0.3 is 16.4 Å². The van der Waals surface area contributed by atoms with Crippen molar-refractivity contribution in [1.29, 1.82) is 0 Å². The van der Waals surface area contributed by atoms with Crippen LogP contribution in [0.3, 0.4) is 0 Å². The number of amides is 1. The highest BCUT2D eigenvalue weighted by molar-refractivity contribution is 5.80. The maximum atomic E-state index is 10.8. The van der Waals surface area contributed by atoms with Gasteiger partial charge in [0.25, 0.3) is 0 Å². The Bertz CT molecular complexity index is 102. The number of nitrogens with zero attached hydrogens (tertiary/aromatic N) is 1. The smallest absolute Gasteiger partial charge is 0.239 e. The summed E-state index contributed by atoms with van der Waals surface area (Å²) in [4.78, 5) is 12.2. The first-order chi connectivity index (χ1) is 4.09. The summed E-state index contributed by atoms with van der Waals surface area (Å²) in [5.74, 6) is -0.127. The zero-order valence-corrected chi connectivity index (χ0v) is 5.79. The molecular weight excluding hydrogens is 118 g/mol. The monoisotopic (exact) mass is 131 g/mol. The van der Waals surface area contributed by atoms with Crippen molar-refractivity contribution in [2.45, 2.75) is 13.0 Å². The Balaban J connectivity index is 3.73. The van der Waals surface area contributed by atoms with Crippen LogP contribution in [-0.2, 0) is 4.79 Å². The van der Waals surface area contributed by atoms with Gasteiger partial charge in [0.05, 0.1) is 12.7 Å². The van der Waals surface area contributed by atoms with Gasteiger partial charge >= 0.3 is 0 Å². The molecule has 0 spiro atoms. The van der Waals surface area contributed by atoms with Crippen molar-refractivity contribution in [1.82, 2.24) is 4.90 Å². The molecule has 9 heavy (non-hydrogen) atoms. The average Bonchev–Trinajstić information content (AvgIpc) is 1.84. The molecule has 0 aliphatic carbocycles. The molecule has 1 atom stereocenters. The summed E-state index contributed by atoms with van der Waals surface area (Å²) in [6.45, 7) is 1.86. The van der Waals surface area contributed by atoms with Crippen molar-refractivity contribution in [3.8, 4) is 0 Å². The van der Waals surface area contributed by atoms with Gasteiger partial charge in [0.1, 0.15) is 0 Å². The summed E-state index contributed by atoms with van der Waals surface area (Å²) in [6, 6.07) is -0.446. The van der Waals surface area contributed by atoms with Crippen LogP contribution in [0.5, 0.6) is 0 Å². The van der Waals surface area contributed by atoms with Crippen molar-refractivity contribution in [2.24, 2.45) is 11.5 Å². The number of likely N-dealkylation sites (N-methyl/N-ethyl adjacent to an activating group) is 1. The van der Waals surface area contributed by atoms with Crippen molar-refractivity contribution in [3.63, 3.8) is 0 Å². The third-order valence-electron chi connectivity index (χ3n) is 1.04. The molecule has 54 valence electrons. The van der Waals surface area contributed by atoms with Crippen LogP contribution in [0.1, 0.15) is 6.92 Å². The quantitative estimate of drug-likeness (QED) is 0.458. The molecule has 0 heterocycles. The molecule has 0 aromatic rings. The maximum Gasteiger partial charge on any atom is 0.239 e. The third-order valence-corrected chi connectivity index (χ3v) is 1.04. The maximum absolute atomic E-state index is 10.8. The lowest BCUT2D eigenvalue weighted by atomic mass is 10.3. The van der Waals surface area contributed by atoms with Gasteiger partial charge in [0, 0.05) is 7.05 Å². The molecule has 0 aromatic carbocycles. The molecule has 0 aromatic heterocycles. The first-order valence-corrected chi connectivity index (χ1v) is 2.80.